The average Bonchev–Trinajstić information content (AvgIpc) is 3.26. The predicted molar refractivity (Wildman–Crippen MR) is 134 cm³/mol. The maximum Gasteiger partial charge on any atom is 0.320 e. The summed E-state index contributed by atoms with van der Waals surface area (Å²) in [5, 5.41) is 11.2. The molecule has 3 heterocycles. The number of fused-ring (bicyclic) bond motifs is 1. The van der Waals surface area contributed by atoms with Gasteiger partial charge >= 0.3 is 6.03 Å². The Bertz CT molecular complexity index is 1450. The molecule has 1 saturated carbocycles. The zero-order valence-corrected chi connectivity index (χ0v) is 19.7. The largest absolute Gasteiger partial charge is 0.381 e. The van der Waals surface area contributed by atoms with Crippen LogP contribution in [0.2, 0.25) is 5.02 Å². The van der Waals surface area contributed by atoms with Crippen LogP contribution in [-0.4, -0.2) is 42.6 Å². The number of rotatable bonds is 4. The van der Waals surface area contributed by atoms with Crippen LogP contribution in [0, 0.1) is 0 Å². The van der Waals surface area contributed by atoms with Gasteiger partial charge in [0.25, 0.3) is 0 Å². The second-order valence-corrected chi connectivity index (χ2v) is 8.90. The molecule has 3 aromatic heterocycles. The molecule has 1 aromatic carbocycles. The summed E-state index contributed by atoms with van der Waals surface area (Å²) < 4.78 is 1.65. The van der Waals surface area contributed by atoms with Gasteiger partial charge in [-0.15, -0.1) is 0 Å². The zero-order chi connectivity index (χ0) is 24.5. The SMILES string of the molecule is Cn1ccc(-c2nc(N)c(NC(=O)NC3CCCC(=O)C3)nc2-c2cc(Cl)c3ncccc3c2)n1. The van der Waals surface area contributed by atoms with E-state index in [0.29, 0.717) is 46.0 Å². The van der Waals surface area contributed by atoms with Gasteiger partial charge in [-0.05, 0) is 37.1 Å². The number of carbonyl (C=O) groups is 2. The van der Waals surface area contributed by atoms with E-state index in [-0.39, 0.29) is 23.5 Å². The Morgan fingerprint density at radius 3 is 2.86 bits per heavy atom. The number of ketones is 1. The highest BCUT2D eigenvalue weighted by atomic mass is 35.5. The maximum absolute atomic E-state index is 12.7. The first-order valence-corrected chi connectivity index (χ1v) is 11.6. The molecule has 1 unspecified atom stereocenters. The number of nitrogens with zero attached hydrogens (tertiary/aromatic N) is 5. The van der Waals surface area contributed by atoms with Crippen molar-refractivity contribution in [1.29, 1.82) is 0 Å². The number of pyridine rings is 1. The highest BCUT2D eigenvalue weighted by Gasteiger charge is 2.23. The lowest BCUT2D eigenvalue weighted by atomic mass is 9.94. The fourth-order valence-corrected chi connectivity index (χ4v) is 4.50. The van der Waals surface area contributed by atoms with Crippen LogP contribution in [-0.2, 0) is 11.8 Å². The van der Waals surface area contributed by atoms with Crippen molar-refractivity contribution >= 4 is 46.0 Å². The molecule has 0 spiro atoms. The standard InChI is InChI=1S/C24H23ClN8O2/c1-33-9-7-18(32-33)21-20(14-10-13-4-3-8-27-19(13)17(25)11-14)30-23(22(26)29-21)31-24(35)28-15-5-2-6-16(34)12-15/h3-4,7-11,15H,2,5-6,12H2,1H3,(H2,26,29)(H2,28,30,31,35). The molecule has 1 fully saturated rings. The van der Waals surface area contributed by atoms with Crippen molar-refractivity contribution < 1.29 is 9.59 Å². The molecule has 4 N–H and O–H groups in total. The summed E-state index contributed by atoms with van der Waals surface area (Å²) in [4.78, 5) is 37.9. The summed E-state index contributed by atoms with van der Waals surface area (Å²) in [6.45, 7) is 0. The van der Waals surface area contributed by atoms with E-state index in [0.717, 1.165) is 18.2 Å². The number of aromatic nitrogens is 5. The fourth-order valence-electron chi connectivity index (χ4n) is 4.22. The Hall–Kier alpha value is -4.05. The van der Waals surface area contributed by atoms with E-state index in [1.165, 1.54) is 0 Å². The van der Waals surface area contributed by atoms with Crippen molar-refractivity contribution in [3.8, 4) is 22.6 Å². The van der Waals surface area contributed by atoms with Gasteiger partial charge in [0.05, 0.1) is 10.5 Å². The van der Waals surface area contributed by atoms with Crippen LogP contribution in [0.4, 0.5) is 16.4 Å². The predicted octanol–water partition coefficient (Wildman–Crippen LogP) is 3.96. The van der Waals surface area contributed by atoms with Gasteiger partial charge in [-0.2, -0.15) is 5.10 Å². The number of hydrogen-bond acceptors (Lipinski definition) is 7. The highest BCUT2D eigenvalue weighted by Crippen LogP contribution is 2.35. The second kappa shape index (κ2) is 9.30. The molecule has 11 heteroatoms. The number of carbonyl (C=O) groups excluding carboxylic acids is 2. The van der Waals surface area contributed by atoms with Crippen LogP contribution < -0.4 is 16.4 Å². The molecule has 178 valence electrons. The van der Waals surface area contributed by atoms with Crippen LogP contribution in [0.5, 0.6) is 0 Å². The summed E-state index contributed by atoms with van der Waals surface area (Å²) >= 11 is 6.53. The number of halogens is 1. The summed E-state index contributed by atoms with van der Waals surface area (Å²) in [5.41, 5.74) is 9.01. The third-order valence-electron chi connectivity index (χ3n) is 5.86. The van der Waals surface area contributed by atoms with Crippen molar-refractivity contribution in [2.24, 2.45) is 7.05 Å². The first kappa shape index (κ1) is 22.7. The Balaban J connectivity index is 1.55. The van der Waals surface area contributed by atoms with Crippen LogP contribution in [0.1, 0.15) is 25.7 Å². The molecular formula is C24H23ClN8O2. The quantitative estimate of drug-likeness (QED) is 0.393. The van der Waals surface area contributed by atoms with Gasteiger partial charge in [-0.1, -0.05) is 17.7 Å². The van der Waals surface area contributed by atoms with E-state index >= 15 is 0 Å². The van der Waals surface area contributed by atoms with E-state index in [4.69, 9.17) is 17.3 Å². The zero-order valence-electron chi connectivity index (χ0n) is 19.0. The fraction of sp³-hybridized carbons (Fsp3) is 0.250. The van der Waals surface area contributed by atoms with Crippen molar-refractivity contribution in [1.82, 2.24) is 30.0 Å². The molecule has 0 saturated heterocycles. The number of anilines is 2. The van der Waals surface area contributed by atoms with E-state index in [1.807, 2.05) is 18.2 Å². The van der Waals surface area contributed by atoms with Crippen molar-refractivity contribution in [3.63, 3.8) is 0 Å². The molecule has 0 radical (unpaired) electrons. The van der Waals surface area contributed by atoms with Gasteiger partial charge in [0.1, 0.15) is 22.9 Å². The molecule has 5 rings (SSSR count). The molecule has 0 aliphatic heterocycles. The monoisotopic (exact) mass is 490 g/mol. The number of nitrogen functional groups attached to an aromatic ring is 1. The summed E-state index contributed by atoms with van der Waals surface area (Å²) in [5.74, 6) is 0.282. The third kappa shape index (κ3) is 4.78. The molecule has 1 atom stereocenters. The smallest absolute Gasteiger partial charge is 0.320 e. The van der Waals surface area contributed by atoms with Gasteiger partial charge in [0.2, 0.25) is 0 Å². The Kier molecular flexibility index (Phi) is 6.04. The molecular weight excluding hydrogens is 468 g/mol. The third-order valence-corrected chi connectivity index (χ3v) is 6.15. The van der Waals surface area contributed by atoms with Crippen molar-refractivity contribution in [2.75, 3.05) is 11.1 Å². The summed E-state index contributed by atoms with van der Waals surface area (Å²) in [7, 11) is 1.80. The lowest BCUT2D eigenvalue weighted by molar-refractivity contribution is -0.120. The molecule has 35 heavy (non-hydrogen) atoms. The Morgan fingerprint density at radius 2 is 2.09 bits per heavy atom. The number of aryl methyl sites for hydroxylation is 1. The van der Waals surface area contributed by atoms with Crippen LogP contribution in [0.25, 0.3) is 33.5 Å². The van der Waals surface area contributed by atoms with Crippen LogP contribution >= 0.6 is 11.6 Å². The molecule has 10 nitrogen and oxygen atoms in total. The first-order valence-electron chi connectivity index (χ1n) is 11.2. The van der Waals surface area contributed by atoms with E-state index in [1.54, 1.807) is 36.3 Å². The van der Waals surface area contributed by atoms with Crippen LogP contribution in [0.15, 0.2) is 42.7 Å². The number of nitrogens with one attached hydrogen (secondary N) is 2. The van der Waals surface area contributed by atoms with E-state index in [9.17, 15) is 9.59 Å². The van der Waals surface area contributed by atoms with Gasteiger partial charge < -0.3 is 11.1 Å². The van der Waals surface area contributed by atoms with Crippen molar-refractivity contribution in [2.45, 2.75) is 31.7 Å². The van der Waals surface area contributed by atoms with Gasteiger partial charge in [-0.3, -0.25) is 19.8 Å². The molecule has 0 bridgehead atoms. The normalized spacial score (nSPS) is 15.8. The number of urea groups is 1. The van der Waals surface area contributed by atoms with E-state index < -0.39 is 6.03 Å². The topological polar surface area (TPSA) is 141 Å². The molecule has 4 aromatic rings. The minimum absolute atomic E-state index is 0.0397. The minimum atomic E-state index is -0.497. The number of Topliss-reactive ketones (excluding diaryl/α,β-unsaturated/α-hetero) is 1. The Labute approximate surface area is 205 Å². The number of amides is 2. The van der Waals surface area contributed by atoms with Gasteiger partial charge in [-0.25, -0.2) is 14.8 Å². The Morgan fingerprint density at radius 1 is 1.23 bits per heavy atom. The molecule has 1 aliphatic rings. The minimum Gasteiger partial charge on any atom is -0.381 e. The van der Waals surface area contributed by atoms with Gasteiger partial charge in [0.15, 0.2) is 11.6 Å². The first-order chi connectivity index (χ1) is 16.9. The average molecular weight is 491 g/mol. The lowest BCUT2D eigenvalue weighted by Crippen LogP contribution is -2.41. The van der Waals surface area contributed by atoms with Gasteiger partial charge in [0, 0.05) is 49.3 Å². The number of nitrogens with two attached hydrogens (primary N) is 1. The van der Waals surface area contributed by atoms with E-state index in [2.05, 4.69) is 30.7 Å². The lowest BCUT2D eigenvalue weighted by Gasteiger charge is -2.22. The van der Waals surface area contributed by atoms with Crippen LogP contribution in [0.3, 0.4) is 0 Å². The maximum atomic E-state index is 12.7. The highest BCUT2D eigenvalue weighted by molar-refractivity contribution is 6.35. The number of benzene rings is 1. The summed E-state index contributed by atoms with van der Waals surface area (Å²) in [6, 6.07) is 8.47. The van der Waals surface area contributed by atoms with Crippen molar-refractivity contribution in [3.05, 3.63) is 47.7 Å². The summed E-state index contributed by atoms with van der Waals surface area (Å²) in [6.07, 6.45) is 5.85. The molecule has 1 aliphatic carbocycles. The second-order valence-electron chi connectivity index (χ2n) is 8.49. The number of hydrogen-bond donors (Lipinski definition) is 3. The molecule has 2 amide bonds.